The molecule has 0 aliphatic rings. The van der Waals surface area contributed by atoms with Gasteiger partial charge in [-0.15, -0.1) is 0 Å². The van der Waals surface area contributed by atoms with Crippen molar-refractivity contribution >= 4 is 0 Å². The Morgan fingerprint density at radius 2 is 0.451 bits per heavy atom. The largest absolute Gasteiger partial charge is 0.304 e. The Morgan fingerprint density at radius 3 is 0.627 bits per heavy atom. The molecule has 21 heteroatoms. The lowest BCUT2D eigenvalue weighted by Crippen LogP contribution is -2.62. The molecule has 0 fully saturated rings. The molecule has 1 unspecified atom stereocenters. The molecule has 0 saturated heterocycles. The van der Waals surface area contributed by atoms with Crippen molar-refractivity contribution in [1.82, 2.24) is 5.32 Å². The highest BCUT2D eigenvalue weighted by Gasteiger charge is 2.65. The van der Waals surface area contributed by atoms with E-state index in [1.807, 2.05) is 0 Å². The van der Waals surface area contributed by atoms with Gasteiger partial charge in [0, 0.05) is 22.7 Å². The highest BCUT2D eigenvalue weighted by atomic mass is 19.2. The van der Waals surface area contributed by atoms with Crippen molar-refractivity contribution in [1.29, 1.82) is 0 Å². The summed E-state index contributed by atoms with van der Waals surface area (Å²) in [5.74, 6) is -68.3. The smallest absolute Gasteiger partial charge is 0.200 e. The van der Waals surface area contributed by atoms with Crippen LogP contribution in [0.1, 0.15) is 43.0 Å². The van der Waals surface area contributed by atoms with E-state index >= 15 is 35.1 Å². The minimum atomic E-state index is -5.74. The van der Waals surface area contributed by atoms with E-state index < -0.39 is 156 Å². The quantitative estimate of drug-likeness (QED) is 0.0856. The third kappa shape index (κ3) is 5.12. The molecule has 0 bridgehead atoms. The summed E-state index contributed by atoms with van der Waals surface area (Å²) < 4.78 is 304. The van der Waals surface area contributed by atoms with E-state index in [1.54, 1.807) is 0 Å². The van der Waals surface area contributed by atoms with E-state index in [0.717, 1.165) is 0 Å². The van der Waals surface area contributed by atoms with Crippen LogP contribution in [0.2, 0.25) is 0 Å². The summed E-state index contributed by atoms with van der Waals surface area (Å²) in [5.41, 5.74) is -23.6. The molecule has 4 aromatic carbocycles. The zero-order chi connectivity index (χ0) is 39.1. The van der Waals surface area contributed by atoms with Gasteiger partial charge in [-0.2, -0.15) is 0 Å². The Labute approximate surface area is 270 Å². The Bertz CT molecular complexity index is 1860. The zero-order valence-corrected chi connectivity index (χ0v) is 24.6. The predicted octanol–water partition coefficient (Wildman–Crippen LogP) is 9.72. The summed E-state index contributed by atoms with van der Waals surface area (Å²) in [4.78, 5) is 0. The topological polar surface area (TPSA) is 12.0 Å². The van der Waals surface area contributed by atoms with E-state index in [1.165, 1.54) is 5.32 Å². The minimum Gasteiger partial charge on any atom is -0.304 e. The average Bonchev–Trinajstić information content (AvgIpc) is 3.07. The van der Waals surface area contributed by atoms with Crippen LogP contribution in [-0.2, 0) is 11.0 Å². The Balaban J connectivity index is 2.74. The van der Waals surface area contributed by atoms with Crippen LogP contribution in [0.4, 0.5) is 87.8 Å². The summed E-state index contributed by atoms with van der Waals surface area (Å²) in [6.45, 7) is 0.953. The molecule has 51 heavy (non-hydrogen) atoms. The first-order chi connectivity index (χ1) is 23.4. The maximum Gasteiger partial charge on any atom is 0.200 e. The van der Waals surface area contributed by atoms with Gasteiger partial charge in [0.25, 0.3) is 0 Å². The number of nitrogens with one attached hydrogen (secondary N) is 1. The van der Waals surface area contributed by atoms with Gasteiger partial charge in [-0.05, 0) is 20.8 Å². The fraction of sp³-hybridized carbons (Fsp3) is 0.200. The van der Waals surface area contributed by atoms with Gasteiger partial charge < -0.3 is 5.32 Å². The second-order valence-electron chi connectivity index (χ2n) is 11.0. The van der Waals surface area contributed by atoms with Crippen LogP contribution in [0.5, 0.6) is 0 Å². The van der Waals surface area contributed by atoms with Gasteiger partial charge in [-0.3, -0.25) is 0 Å². The Morgan fingerprint density at radius 1 is 0.294 bits per heavy atom. The maximum atomic E-state index is 16.0. The van der Waals surface area contributed by atoms with Gasteiger partial charge in [0.05, 0.1) is 16.5 Å². The molecule has 0 aromatic heterocycles. The molecule has 0 aliphatic heterocycles. The summed E-state index contributed by atoms with van der Waals surface area (Å²) in [6, 6.07) is -1.98. The van der Waals surface area contributed by atoms with Crippen molar-refractivity contribution in [2.45, 2.75) is 37.8 Å². The molecule has 1 N–H and O–H groups in total. The molecular weight excluding hydrogens is 754 g/mol. The Hall–Kier alpha value is -4.56. The molecule has 0 heterocycles. The fourth-order valence-electron chi connectivity index (χ4n) is 5.92. The van der Waals surface area contributed by atoms with Crippen LogP contribution in [-0.4, -0.2) is 6.04 Å². The van der Waals surface area contributed by atoms with Crippen molar-refractivity contribution in [2.75, 3.05) is 0 Å². The maximum absolute atomic E-state index is 16.0. The first-order valence-electron chi connectivity index (χ1n) is 13.2. The van der Waals surface area contributed by atoms with Crippen LogP contribution in [0.3, 0.4) is 0 Å². The summed E-state index contributed by atoms with van der Waals surface area (Å²) >= 11 is 0. The number of halogens is 20. The molecular formula is C30H11F20N. The summed E-state index contributed by atoms with van der Waals surface area (Å²) in [6.07, 6.45) is 0. The molecule has 0 saturated carbocycles. The van der Waals surface area contributed by atoms with Crippen LogP contribution in [0, 0.1) is 116 Å². The van der Waals surface area contributed by atoms with Crippen molar-refractivity contribution in [2.24, 2.45) is 0 Å². The van der Waals surface area contributed by atoms with Gasteiger partial charge in [-0.25, -0.2) is 87.8 Å². The fourth-order valence-corrected chi connectivity index (χ4v) is 5.92. The first kappa shape index (κ1) is 39.2. The second-order valence-corrected chi connectivity index (χ2v) is 11.0. The molecule has 276 valence electrons. The normalized spacial score (nSPS) is 13.4. The molecule has 1 atom stereocenters. The van der Waals surface area contributed by atoms with Gasteiger partial charge in [0.2, 0.25) is 23.3 Å². The van der Waals surface area contributed by atoms with Crippen LogP contribution in [0.15, 0.2) is 0 Å². The van der Waals surface area contributed by atoms with Crippen LogP contribution >= 0.6 is 0 Å². The van der Waals surface area contributed by atoms with Crippen molar-refractivity contribution in [3.63, 3.8) is 0 Å². The van der Waals surface area contributed by atoms with E-state index in [2.05, 4.69) is 0 Å². The van der Waals surface area contributed by atoms with Crippen molar-refractivity contribution < 1.29 is 87.8 Å². The van der Waals surface area contributed by atoms with Gasteiger partial charge in [0.1, 0.15) is 0 Å². The molecule has 0 amide bonds. The van der Waals surface area contributed by atoms with Gasteiger partial charge >= 0.3 is 0 Å². The second kappa shape index (κ2) is 12.9. The van der Waals surface area contributed by atoms with E-state index in [0.29, 0.717) is 13.8 Å². The number of rotatable bonds is 7. The first-order valence-corrected chi connectivity index (χ1v) is 13.2. The zero-order valence-electron chi connectivity index (χ0n) is 24.6. The SMILES string of the molecule is CC(C)NC(C)(c1c(F)c(F)c(F)c(F)c1F)C(c1c(F)c(F)c(F)c(F)c1F)(c1c(F)c(F)c(F)c(F)c1F)c1c(F)c(F)c(F)c(F)c1F. The monoisotopic (exact) mass is 765 g/mol. The minimum absolute atomic E-state index is 0.362. The molecule has 4 rings (SSSR count). The average molecular weight is 765 g/mol. The van der Waals surface area contributed by atoms with Crippen molar-refractivity contribution in [3.05, 3.63) is 139 Å². The standard InChI is InChI=1S/C30H11F20N/c1-4(2)51-29(3,5-9(31)17(39)25(47)18(40)10(5)32)30(6-11(33)19(41)26(48)20(42)12(6)34,7-13(35)21(43)27(49)22(44)14(7)36)8-15(37)23(45)28(50)24(46)16(8)38/h4,51H,1-3H3. The molecule has 0 radical (unpaired) electrons. The van der Waals surface area contributed by atoms with Crippen molar-refractivity contribution in [3.8, 4) is 0 Å². The Kier molecular flexibility index (Phi) is 9.91. The van der Waals surface area contributed by atoms with Crippen LogP contribution in [0.25, 0.3) is 0 Å². The predicted molar refractivity (Wildman–Crippen MR) is 130 cm³/mol. The number of hydrogen-bond donors (Lipinski definition) is 1. The van der Waals surface area contributed by atoms with Gasteiger partial charge in [0.15, 0.2) is 93.1 Å². The highest BCUT2D eigenvalue weighted by Crippen LogP contribution is 2.59. The summed E-state index contributed by atoms with van der Waals surface area (Å²) in [5, 5.41) is 1.54. The molecule has 0 aliphatic carbocycles. The lowest BCUT2D eigenvalue weighted by molar-refractivity contribution is 0.178. The summed E-state index contributed by atoms with van der Waals surface area (Å²) in [7, 11) is 0. The number of benzene rings is 4. The van der Waals surface area contributed by atoms with Gasteiger partial charge in [-0.1, -0.05) is 0 Å². The lowest BCUT2D eigenvalue weighted by Gasteiger charge is -2.51. The number of hydrogen-bond acceptors (Lipinski definition) is 1. The lowest BCUT2D eigenvalue weighted by atomic mass is 9.54. The molecule has 0 spiro atoms. The van der Waals surface area contributed by atoms with E-state index in [9.17, 15) is 52.7 Å². The molecule has 1 nitrogen and oxygen atoms in total. The van der Waals surface area contributed by atoms with Crippen LogP contribution < -0.4 is 5.32 Å². The van der Waals surface area contributed by atoms with E-state index in [-0.39, 0.29) is 6.92 Å². The molecule has 4 aromatic rings. The highest BCUT2D eigenvalue weighted by molar-refractivity contribution is 5.61. The third-order valence-electron chi connectivity index (χ3n) is 7.79. The third-order valence-corrected chi connectivity index (χ3v) is 7.79. The van der Waals surface area contributed by atoms with E-state index in [4.69, 9.17) is 0 Å².